The standard InChI is InChI=1S/C19H12F2O2/c20-14-8-4-12(5-9-14)16-2-1-3-17(18(16)19(22)23)13-6-10-15(21)11-7-13/h1-11H,(H,22,23). The number of carbonyl (C=O) groups is 1. The molecular weight excluding hydrogens is 298 g/mol. The van der Waals surface area contributed by atoms with Crippen LogP contribution in [0.1, 0.15) is 10.4 Å². The first-order valence-electron chi connectivity index (χ1n) is 6.94. The summed E-state index contributed by atoms with van der Waals surface area (Å²) >= 11 is 0. The van der Waals surface area contributed by atoms with E-state index in [0.29, 0.717) is 22.3 Å². The first-order chi connectivity index (χ1) is 11.1. The number of carboxylic acid groups (broad SMARTS) is 1. The fraction of sp³-hybridized carbons (Fsp3) is 0. The number of hydrogen-bond acceptors (Lipinski definition) is 1. The highest BCUT2D eigenvalue weighted by molar-refractivity contribution is 6.03. The third kappa shape index (κ3) is 2.97. The van der Waals surface area contributed by atoms with Gasteiger partial charge in [-0.05, 0) is 46.5 Å². The van der Waals surface area contributed by atoms with Gasteiger partial charge in [-0.15, -0.1) is 0 Å². The van der Waals surface area contributed by atoms with Crippen LogP contribution < -0.4 is 0 Å². The number of benzene rings is 3. The smallest absolute Gasteiger partial charge is 0.336 e. The lowest BCUT2D eigenvalue weighted by Crippen LogP contribution is -2.03. The van der Waals surface area contributed by atoms with E-state index in [1.807, 2.05) is 0 Å². The molecule has 0 bridgehead atoms. The second kappa shape index (κ2) is 6.01. The molecule has 0 saturated carbocycles. The van der Waals surface area contributed by atoms with Gasteiger partial charge in [-0.3, -0.25) is 0 Å². The SMILES string of the molecule is O=C(O)c1c(-c2ccc(F)cc2)cccc1-c1ccc(F)cc1. The van der Waals surface area contributed by atoms with Gasteiger partial charge >= 0.3 is 5.97 Å². The molecule has 0 atom stereocenters. The van der Waals surface area contributed by atoms with Crippen molar-refractivity contribution < 1.29 is 18.7 Å². The summed E-state index contributed by atoms with van der Waals surface area (Å²) in [6.07, 6.45) is 0. The second-order valence-electron chi connectivity index (χ2n) is 5.05. The van der Waals surface area contributed by atoms with Crippen LogP contribution >= 0.6 is 0 Å². The number of hydrogen-bond donors (Lipinski definition) is 1. The Hall–Kier alpha value is -3.01. The highest BCUT2D eigenvalue weighted by atomic mass is 19.1. The van der Waals surface area contributed by atoms with E-state index in [9.17, 15) is 18.7 Å². The fourth-order valence-corrected chi connectivity index (χ4v) is 2.52. The molecule has 0 aliphatic rings. The summed E-state index contributed by atoms with van der Waals surface area (Å²) in [5, 5.41) is 9.63. The van der Waals surface area contributed by atoms with Crippen LogP contribution in [-0.2, 0) is 0 Å². The Labute approximate surface area is 131 Å². The maximum absolute atomic E-state index is 13.1. The zero-order valence-corrected chi connectivity index (χ0v) is 12.0. The average Bonchev–Trinajstić information content (AvgIpc) is 2.55. The van der Waals surface area contributed by atoms with Gasteiger partial charge in [-0.1, -0.05) is 42.5 Å². The summed E-state index contributed by atoms with van der Waals surface area (Å²) in [6.45, 7) is 0. The summed E-state index contributed by atoms with van der Waals surface area (Å²) in [7, 11) is 0. The second-order valence-corrected chi connectivity index (χ2v) is 5.05. The Kier molecular flexibility index (Phi) is 3.89. The minimum Gasteiger partial charge on any atom is -0.478 e. The van der Waals surface area contributed by atoms with Crippen molar-refractivity contribution in [2.24, 2.45) is 0 Å². The Morgan fingerprint density at radius 2 is 1.09 bits per heavy atom. The van der Waals surface area contributed by atoms with Gasteiger partial charge in [-0.25, -0.2) is 13.6 Å². The fourth-order valence-electron chi connectivity index (χ4n) is 2.52. The lowest BCUT2D eigenvalue weighted by molar-refractivity contribution is 0.0698. The maximum atomic E-state index is 13.1. The van der Waals surface area contributed by atoms with Crippen LogP contribution in [0.5, 0.6) is 0 Å². The normalized spacial score (nSPS) is 10.5. The van der Waals surface area contributed by atoms with Gasteiger partial charge in [0.2, 0.25) is 0 Å². The van der Waals surface area contributed by atoms with Gasteiger partial charge in [0.1, 0.15) is 11.6 Å². The van der Waals surface area contributed by atoms with Crippen molar-refractivity contribution in [2.45, 2.75) is 0 Å². The van der Waals surface area contributed by atoms with Crippen LogP contribution in [0, 0.1) is 11.6 Å². The first kappa shape index (κ1) is 14.9. The summed E-state index contributed by atoms with van der Waals surface area (Å²) in [5.74, 6) is -1.87. The summed E-state index contributed by atoms with van der Waals surface area (Å²) in [5.41, 5.74) is 2.28. The van der Waals surface area contributed by atoms with Gasteiger partial charge in [0.15, 0.2) is 0 Å². The minimum atomic E-state index is -1.09. The monoisotopic (exact) mass is 310 g/mol. The summed E-state index contributed by atoms with van der Waals surface area (Å²) < 4.78 is 26.2. The largest absolute Gasteiger partial charge is 0.478 e. The molecule has 0 unspecified atom stereocenters. The first-order valence-corrected chi connectivity index (χ1v) is 6.94. The van der Waals surface area contributed by atoms with Gasteiger partial charge in [0.05, 0.1) is 5.56 Å². The molecule has 3 aromatic carbocycles. The molecule has 0 heterocycles. The highest BCUT2D eigenvalue weighted by Gasteiger charge is 2.17. The molecule has 114 valence electrons. The van der Waals surface area contributed by atoms with Crippen molar-refractivity contribution in [3.8, 4) is 22.3 Å². The molecule has 3 rings (SSSR count). The van der Waals surface area contributed by atoms with E-state index in [1.165, 1.54) is 48.5 Å². The van der Waals surface area contributed by atoms with Gasteiger partial charge in [0, 0.05) is 0 Å². The number of rotatable bonds is 3. The van der Waals surface area contributed by atoms with Crippen LogP contribution in [0.15, 0.2) is 66.7 Å². The topological polar surface area (TPSA) is 37.3 Å². The molecule has 2 nitrogen and oxygen atoms in total. The molecule has 23 heavy (non-hydrogen) atoms. The maximum Gasteiger partial charge on any atom is 0.336 e. The van der Waals surface area contributed by atoms with Crippen molar-refractivity contribution >= 4 is 5.97 Å². The molecule has 0 spiro atoms. The highest BCUT2D eigenvalue weighted by Crippen LogP contribution is 2.32. The van der Waals surface area contributed by atoms with E-state index >= 15 is 0 Å². The summed E-state index contributed by atoms with van der Waals surface area (Å²) in [4.78, 5) is 11.8. The zero-order chi connectivity index (χ0) is 16.4. The third-order valence-electron chi connectivity index (χ3n) is 3.59. The van der Waals surface area contributed by atoms with Crippen molar-refractivity contribution in [3.05, 3.63) is 83.9 Å². The number of halogens is 2. The molecule has 0 saturated heterocycles. The van der Waals surface area contributed by atoms with E-state index in [1.54, 1.807) is 18.2 Å². The Morgan fingerprint density at radius 3 is 1.43 bits per heavy atom. The lowest BCUT2D eigenvalue weighted by atomic mass is 9.92. The predicted molar refractivity (Wildman–Crippen MR) is 84.2 cm³/mol. The molecule has 0 radical (unpaired) electrons. The molecule has 0 amide bonds. The van der Waals surface area contributed by atoms with Gasteiger partial charge in [-0.2, -0.15) is 0 Å². The zero-order valence-electron chi connectivity index (χ0n) is 12.0. The average molecular weight is 310 g/mol. The Morgan fingerprint density at radius 1 is 0.696 bits per heavy atom. The number of carboxylic acids is 1. The van der Waals surface area contributed by atoms with E-state index in [-0.39, 0.29) is 17.2 Å². The van der Waals surface area contributed by atoms with E-state index in [2.05, 4.69) is 0 Å². The van der Waals surface area contributed by atoms with Crippen molar-refractivity contribution in [2.75, 3.05) is 0 Å². The predicted octanol–water partition coefficient (Wildman–Crippen LogP) is 5.00. The number of aromatic carboxylic acids is 1. The molecule has 1 N–H and O–H groups in total. The van der Waals surface area contributed by atoms with E-state index in [4.69, 9.17) is 0 Å². The molecule has 3 aromatic rings. The van der Waals surface area contributed by atoms with Gasteiger partial charge < -0.3 is 5.11 Å². The van der Waals surface area contributed by atoms with E-state index < -0.39 is 5.97 Å². The Bertz CT molecular complexity index is 790. The van der Waals surface area contributed by atoms with Crippen molar-refractivity contribution in [1.82, 2.24) is 0 Å². The summed E-state index contributed by atoms with van der Waals surface area (Å²) in [6, 6.07) is 16.3. The lowest BCUT2D eigenvalue weighted by Gasteiger charge is -2.12. The molecule has 0 aliphatic heterocycles. The quantitative estimate of drug-likeness (QED) is 0.739. The minimum absolute atomic E-state index is 0.103. The molecule has 0 fully saturated rings. The third-order valence-corrected chi connectivity index (χ3v) is 3.59. The van der Waals surface area contributed by atoms with Crippen LogP contribution in [-0.4, -0.2) is 11.1 Å². The van der Waals surface area contributed by atoms with Crippen LogP contribution in [0.3, 0.4) is 0 Å². The van der Waals surface area contributed by atoms with Crippen LogP contribution in [0.25, 0.3) is 22.3 Å². The van der Waals surface area contributed by atoms with Gasteiger partial charge in [0.25, 0.3) is 0 Å². The Balaban J connectivity index is 2.22. The molecule has 0 aliphatic carbocycles. The van der Waals surface area contributed by atoms with E-state index in [0.717, 1.165) is 0 Å². The molecule has 4 heteroatoms. The van der Waals surface area contributed by atoms with Crippen LogP contribution in [0.2, 0.25) is 0 Å². The molecular formula is C19H12F2O2. The van der Waals surface area contributed by atoms with Crippen molar-refractivity contribution in [3.63, 3.8) is 0 Å². The molecule has 0 aromatic heterocycles. The van der Waals surface area contributed by atoms with Crippen LogP contribution in [0.4, 0.5) is 8.78 Å². The van der Waals surface area contributed by atoms with Crippen molar-refractivity contribution in [1.29, 1.82) is 0 Å².